The Labute approximate surface area is 86.3 Å². The molecule has 1 aromatic heterocycles. The van der Waals surface area contributed by atoms with Crippen molar-refractivity contribution >= 4 is 0 Å². The van der Waals surface area contributed by atoms with Crippen LogP contribution in [0.2, 0.25) is 0 Å². The zero-order valence-corrected chi connectivity index (χ0v) is 9.50. The number of ether oxygens (including phenoxy) is 1. The van der Waals surface area contributed by atoms with E-state index in [1.54, 1.807) is 0 Å². The van der Waals surface area contributed by atoms with E-state index in [2.05, 4.69) is 25.8 Å². The Hall–Kier alpha value is -1.05. The normalized spacial score (nSPS) is 11.4. The molecule has 0 aliphatic heterocycles. The maximum atomic E-state index is 5.42. The highest BCUT2D eigenvalue weighted by Crippen LogP contribution is 2.21. The predicted molar refractivity (Wildman–Crippen MR) is 58.6 cm³/mol. The predicted octanol–water partition coefficient (Wildman–Crippen LogP) is 3.07. The van der Waals surface area contributed by atoms with E-state index < -0.39 is 0 Å². The van der Waals surface area contributed by atoms with Crippen LogP contribution < -0.4 is 4.74 Å². The van der Waals surface area contributed by atoms with E-state index >= 15 is 0 Å². The minimum absolute atomic E-state index is 0.276. The van der Waals surface area contributed by atoms with E-state index in [1.165, 1.54) is 0 Å². The summed E-state index contributed by atoms with van der Waals surface area (Å²) in [6.07, 6.45) is 2.79. The highest BCUT2D eigenvalue weighted by molar-refractivity contribution is 5.23. The smallest absolute Gasteiger partial charge is 0.122 e. The van der Waals surface area contributed by atoms with Crippen LogP contribution in [-0.4, -0.2) is 11.6 Å². The van der Waals surface area contributed by atoms with Crippen molar-refractivity contribution in [1.82, 2.24) is 4.98 Å². The lowest BCUT2D eigenvalue weighted by molar-refractivity contribution is 0.338. The molecule has 0 aromatic carbocycles. The van der Waals surface area contributed by atoms with Gasteiger partial charge in [0.2, 0.25) is 0 Å². The molecule has 0 aliphatic rings. The van der Waals surface area contributed by atoms with Gasteiger partial charge in [-0.25, -0.2) is 0 Å². The largest absolute Gasteiger partial charge is 0.494 e. The van der Waals surface area contributed by atoms with Gasteiger partial charge in [-0.05, 0) is 24.8 Å². The molecule has 0 N–H and O–H groups in total. The van der Waals surface area contributed by atoms with Crippen molar-refractivity contribution in [2.24, 2.45) is 5.41 Å². The van der Waals surface area contributed by atoms with E-state index in [4.69, 9.17) is 4.74 Å². The van der Waals surface area contributed by atoms with Crippen LogP contribution in [-0.2, 0) is 6.42 Å². The number of hydrogen-bond acceptors (Lipinski definition) is 2. The van der Waals surface area contributed by atoms with E-state index in [0.717, 1.165) is 17.9 Å². The molecule has 0 aliphatic carbocycles. The summed E-state index contributed by atoms with van der Waals surface area (Å²) in [7, 11) is 0. The average molecular weight is 193 g/mol. The minimum atomic E-state index is 0.276. The molecule has 0 bridgehead atoms. The summed E-state index contributed by atoms with van der Waals surface area (Å²) < 4.78 is 5.42. The van der Waals surface area contributed by atoms with Crippen molar-refractivity contribution in [2.75, 3.05) is 6.61 Å². The molecule has 78 valence electrons. The molecule has 0 unspecified atom stereocenters. The summed E-state index contributed by atoms with van der Waals surface area (Å²) in [5, 5.41) is 0. The molecular weight excluding hydrogens is 174 g/mol. The second-order valence-electron chi connectivity index (χ2n) is 4.65. The standard InChI is InChI=1S/C12H19NO/c1-5-14-11-6-7-13-10(8-11)9-12(2,3)4/h6-8H,5,9H2,1-4H3. The van der Waals surface area contributed by atoms with Crippen molar-refractivity contribution in [2.45, 2.75) is 34.1 Å². The van der Waals surface area contributed by atoms with Crippen molar-refractivity contribution in [3.63, 3.8) is 0 Å². The molecule has 2 nitrogen and oxygen atoms in total. The van der Waals surface area contributed by atoms with Gasteiger partial charge >= 0.3 is 0 Å². The third kappa shape index (κ3) is 3.77. The molecule has 0 radical (unpaired) electrons. The Balaban J connectivity index is 2.73. The summed E-state index contributed by atoms with van der Waals surface area (Å²) in [4.78, 5) is 4.33. The van der Waals surface area contributed by atoms with Crippen molar-refractivity contribution < 1.29 is 4.74 Å². The highest BCUT2D eigenvalue weighted by Gasteiger charge is 2.12. The fourth-order valence-electron chi connectivity index (χ4n) is 1.35. The van der Waals surface area contributed by atoms with Crippen LogP contribution in [0.1, 0.15) is 33.4 Å². The molecule has 14 heavy (non-hydrogen) atoms. The van der Waals surface area contributed by atoms with Gasteiger partial charge in [0.1, 0.15) is 5.75 Å². The summed E-state index contributed by atoms with van der Waals surface area (Å²) in [6, 6.07) is 3.92. The minimum Gasteiger partial charge on any atom is -0.494 e. The van der Waals surface area contributed by atoms with Gasteiger partial charge in [-0.3, -0.25) is 4.98 Å². The molecule has 1 rings (SSSR count). The topological polar surface area (TPSA) is 22.1 Å². The van der Waals surface area contributed by atoms with Gasteiger partial charge in [-0.1, -0.05) is 20.8 Å². The maximum Gasteiger partial charge on any atom is 0.122 e. The zero-order valence-electron chi connectivity index (χ0n) is 9.50. The van der Waals surface area contributed by atoms with Gasteiger partial charge in [-0.15, -0.1) is 0 Å². The van der Waals surface area contributed by atoms with Gasteiger partial charge in [-0.2, -0.15) is 0 Å². The van der Waals surface area contributed by atoms with E-state index in [1.807, 2.05) is 25.3 Å². The van der Waals surface area contributed by atoms with Gasteiger partial charge in [0.25, 0.3) is 0 Å². The van der Waals surface area contributed by atoms with Crippen LogP contribution in [0.15, 0.2) is 18.3 Å². The Morgan fingerprint density at radius 3 is 2.64 bits per heavy atom. The third-order valence-electron chi connectivity index (χ3n) is 1.81. The second-order valence-corrected chi connectivity index (χ2v) is 4.65. The molecule has 0 spiro atoms. The van der Waals surface area contributed by atoms with Crippen molar-refractivity contribution in [3.8, 4) is 5.75 Å². The van der Waals surface area contributed by atoms with Crippen LogP contribution in [0, 0.1) is 5.41 Å². The molecule has 0 atom stereocenters. The fourth-order valence-corrected chi connectivity index (χ4v) is 1.35. The van der Waals surface area contributed by atoms with E-state index in [0.29, 0.717) is 6.61 Å². The number of pyridine rings is 1. The van der Waals surface area contributed by atoms with Crippen LogP contribution in [0.4, 0.5) is 0 Å². The zero-order chi connectivity index (χ0) is 10.6. The molecule has 0 amide bonds. The highest BCUT2D eigenvalue weighted by atomic mass is 16.5. The van der Waals surface area contributed by atoms with E-state index in [9.17, 15) is 0 Å². The lowest BCUT2D eigenvalue weighted by Gasteiger charge is -2.17. The first-order valence-electron chi connectivity index (χ1n) is 5.09. The van der Waals surface area contributed by atoms with Crippen molar-refractivity contribution in [3.05, 3.63) is 24.0 Å². The third-order valence-corrected chi connectivity index (χ3v) is 1.81. The summed E-state index contributed by atoms with van der Waals surface area (Å²) in [5.74, 6) is 0.918. The molecular formula is C12H19NO. The first-order chi connectivity index (χ1) is 6.51. The second kappa shape index (κ2) is 4.45. The Morgan fingerprint density at radius 1 is 1.36 bits per heavy atom. The summed E-state index contributed by atoms with van der Waals surface area (Å²) >= 11 is 0. The summed E-state index contributed by atoms with van der Waals surface area (Å²) in [6.45, 7) is 9.33. The lowest BCUT2D eigenvalue weighted by Crippen LogP contribution is -2.10. The quantitative estimate of drug-likeness (QED) is 0.736. The molecule has 2 heteroatoms. The summed E-state index contributed by atoms with van der Waals surface area (Å²) in [5.41, 5.74) is 1.38. The van der Waals surface area contributed by atoms with Gasteiger partial charge < -0.3 is 4.74 Å². The molecule has 0 fully saturated rings. The molecule has 1 aromatic rings. The maximum absolute atomic E-state index is 5.42. The average Bonchev–Trinajstić information content (AvgIpc) is 2.02. The Morgan fingerprint density at radius 2 is 2.07 bits per heavy atom. The van der Waals surface area contributed by atoms with Crippen LogP contribution >= 0.6 is 0 Å². The van der Waals surface area contributed by atoms with E-state index in [-0.39, 0.29) is 5.41 Å². The lowest BCUT2D eigenvalue weighted by atomic mass is 9.90. The molecule has 0 saturated heterocycles. The van der Waals surface area contributed by atoms with Gasteiger partial charge in [0.05, 0.1) is 6.61 Å². The number of rotatable bonds is 3. The van der Waals surface area contributed by atoms with Crippen LogP contribution in [0.25, 0.3) is 0 Å². The number of hydrogen-bond donors (Lipinski definition) is 0. The number of aromatic nitrogens is 1. The fraction of sp³-hybridized carbons (Fsp3) is 0.583. The molecule has 1 heterocycles. The SMILES string of the molecule is CCOc1ccnc(CC(C)(C)C)c1. The van der Waals surface area contributed by atoms with Crippen molar-refractivity contribution in [1.29, 1.82) is 0 Å². The van der Waals surface area contributed by atoms with Gasteiger partial charge in [0.15, 0.2) is 0 Å². The van der Waals surface area contributed by atoms with Crippen LogP contribution in [0.3, 0.4) is 0 Å². The molecule has 0 saturated carbocycles. The first-order valence-corrected chi connectivity index (χ1v) is 5.09. The first kappa shape index (κ1) is 11.0. The monoisotopic (exact) mass is 193 g/mol. The Bertz CT molecular complexity index is 289. The Kier molecular flexibility index (Phi) is 3.50. The van der Waals surface area contributed by atoms with Crippen LogP contribution in [0.5, 0.6) is 5.75 Å². The number of nitrogens with zero attached hydrogens (tertiary/aromatic N) is 1. The van der Waals surface area contributed by atoms with Gasteiger partial charge in [0, 0.05) is 18.0 Å².